The lowest BCUT2D eigenvalue weighted by molar-refractivity contribution is -0.120. The summed E-state index contributed by atoms with van der Waals surface area (Å²) < 4.78 is 31.5. The summed E-state index contributed by atoms with van der Waals surface area (Å²) in [4.78, 5) is 12.7. The van der Waals surface area contributed by atoms with Crippen LogP contribution in [0.5, 0.6) is 5.75 Å². The Hall–Kier alpha value is -2.54. The molecule has 0 aliphatic heterocycles. The number of sulfonamides is 1. The van der Waals surface area contributed by atoms with Crippen molar-refractivity contribution in [2.75, 3.05) is 17.1 Å². The van der Waals surface area contributed by atoms with Crippen LogP contribution in [-0.2, 0) is 14.8 Å². The maximum atomic E-state index is 12.7. The minimum absolute atomic E-state index is 0.0429. The summed E-state index contributed by atoms with van der Waals surface area (Å²) in [5.74, 6) is 0.175. The largest absolute Gasteiger partial charge is 0.491 e. The number of carbonyl (C=O) groups excluding carboxylic acids is 1. The van der Waals surface area contributed by atoms with Gasteiger partial charge in [0.15, 0.2) is 0 Å². The van der Waals surface area contributed by atoms with Crippen molar-refractivity contribution in [3.63, 3.8) is 0 Å². The molecule has 0 heterocycles. The molecule has 6 nitrogen and oxygen atoms in total. The Morgan fingerprint density at radius 3 is 2.41 bits per heavy atom. The summed E-state index contributed by atoms with van der Waals surface area (Å²) in [6, 6.07) is 12.6. The van der Waals surface area contributed by atoms with Crippen LogP contribution < -0.4 is 14.4 Å². The topological polar surface area (TPSA) is 75.7 Å². The van der Waals surface area contributed by atoms with Crippen LogP contribution in [0, 0.1) is 13.8 Å². The molecular formula is C22H30N2O4S. The van der Waals surface area contributed by atoms with Crippen molar-refractivity contribution < 1.29 is 17.9 Å². The lowest BCUT2D eigenvalue weighted by Crippen LogP contribution is -2.41. The third-order valence-electron chi connectivity index (χ3n) is 4.44. The molecule has 0 saturated carbocycles. The molecule has 0 unspecified atom stereocenters. The molecule has 2 rings (SSSR count). The van der Waals surface area contributed by atoms with E-state index in [1.54, 1.807) is 24.3 Å². The van der Waals surface area contributed by atoms with Gasteiger partial charge in [-0.1, -0.05) is 29.8 Å². The molecule has 1 amide bonds. The van der Waals surface area contributed by atoms with Gasteiger partial charge < -0.3 is 10.1 Å². The first-order chi connectivity index (χ1) is 13.5. The minimum atomic E-state index is -3.66. The quantitative estimate of drug-likeness (QED) is 0.709. The Balaban J connectivity index is 2.20. The van der Waals surface area contributed by atoms with Gasteiger partial charge in [0.25, 0.3) is 0 Å². The van der Waals surface area contributed by atoms with Gasteiger partial charge in [0.1, 0.15) is 12.3 Å². The van der Waals surface area contributed by atoms with Gasteiger partial charge >= 0.3 is 0 Å². The SMILES string of the molecule is Cc1ccc(C)c([C@H](C)NC(=O)CN(c2cccc(OC(C)C)c2)S(C)(=O)=O)c1. The van der Waals surface area contributed by atoms with E-state index in [4.69, 9.17) is 4.74 Å². The van der Waals surface area contributed by atoms with Gasteiger partial charge in [0, 0.05) is 6.07 Å². The zero-order valence-corrected chi connectivity index (χ0v) is 18.7. The van der Waals surface area contributed by atoms with Crippen LogP contribution in [0.25, 0.3) is 0 Å². The predicted octanol–water partition coefficient (Wildman–Crippen LogP) is 3.73. The number of nitrogens with zero attached hydrogens (tertiary/aromatic N) is 1. The molecule has 1 N–H and O–H groups in total. The van der Waals surface area contributed by atoms with E-state index in [9.17, 15) is 13.2 Å². The molecule has 158 valence electrons. The van der Waals surface area contributed by atoms with E-state index in [1.165, 1.54) is 0 Å². The highest BCUT2D eigenvalue weighted by Gasteiger charge is 2.22. The van der Waals surface area contributed by atoms with Gasteiger partial charge in [0.05, 0.1) is 24.1 Å². The zero-order chi connectivity index (χ0) is 21.8. The average molecular weight is 419 g/mol. The predicted molar refractivity (Wildman–Crippen MR) is 117 cm³/mol. The second-order valence-corrected chi connectivity index (χ2v) is 9.49. The first kappa shape index (κ1) is 22.7. The summed E-state index contributed by atoms with van der Waals surface area (Å²) in [5.41, 5.74) is 3.57. The van der Waals surface area contributed by atoms with Crippen LogP contribution in [0.4, 0.5) is 5.69 Å². The summed E-state index contributed by atoms with van der Waals surface area (Å²) in [5, 5.41) is 2.91. The Morgan fingerprint density at radius 1 is 1.10 bits per heavy atom. The van der Waals surface area contributed by atoms with E-state index in [2.05, 4.69) is 5.32 Å². The van der Waals surface area contributed by atoms with Gasteiger partial charge in [-0.2, -0.15) is 0 Å². The monoisotopic (exact) mass is 418 g/mol. The smallest absolute Gasteiger partial charge is 0.241 e. The minimum Gasteiger partial charge on any atom is -0.491 e. The van der Waals surface area contributed by atoms with Crippen LogP contribution in [0.15, 0.2) is 42.5 Å². The van der Waals surface area contributed by atoms with Crippen molar-refractivity contribution in [1.29, 1.82) is 0 Å². The van der Waals surface area contributed by atoms with E-state index in [1.807, 2.05) is 52.8 Å². The van der Waals surface area contributed by atoms with Crippen molar-refractivity contribution >= 4 is 21.6 Å². The van der Waals surface area contributed by atoms with Crippen molar-refractivity contribution in [3.05, 3.63) is 59.2 Å². The van der Waals surface area contributed by atoms with E-state index >= 15 is 0 Å². The highest BCUT2D eigenvalue weighted by molar-refractivity contribution is 7.92. The van der Waals surface area contributed by atoms with Crippen molar-refractivity contribution in [1.82, 2.24) is 5.32 Å². The molecule has 2 aromatic carbocycles. The summed E-state index contributed by atoms with van der Waals surface area (Å²) in [6.45, 7) is 9.35. The van der Waals surface area contributed by atoms with Gasteiger partial charge in [-0.3, -0.25) is 9.10 Å². The summed E-state index contributed by atoms with van der Waals surface area (Å²) in [6.07, 6.45) is 1.04. The molecule has 0 aromatic heterocycles. The molecule has 0 fully saturated rings. The third kappa shape index (κ3) is 6.49. The maximum absolute atomic E-state index is 12.7. The molecule has 0 saturated heterocycles. The molecule has 2 aromatic rings. The number of anilines is 1. The second kappa shape index (κ2) is 9.31. The van der Waals surface area contributed by atoms with E-state index in [-0.39, 0.29) is 24.6 Å². The maximum Gasteiger partial charge on any atom is 0.241 e. The number of aryl methyl sites for hydroxylation is 2. The molecular weight excluding hydrogens is 388 g/mol. The second-order valence-electron chi connectivity index (χ2n) is 7.58. The van der Waals surface area contributed by atoms with Gasteiger partial charge in [-0.05, 0) is 57.9 Å². The molecule has 0 aliphatic rings. The Labute approximate surface area is 173 Å². The van der Waals surface area contributed by atoms with Gasteiger partial charge in [0.2, 0.25) is 15.9 Å². The normalized spacial score (nSPS) is 12.5. The van der Waals surface area contributed by atoms with Crippen LogP contribution in [0.3, 0.4) is 0 Å². The Bertz CT molecular complexity index is 971. The lowest BCUT2D eigenvalue weighted by Gasteiger charge is -2.24. The molecule has 7 heteroatoms. The fourth-order valence-corrected chi connectivity index (χ4v) is 3.95. The fraction of sp³-hybridized carbons (Fsp3) is 0.409. The van der Waals surface area contributed by atoms with Crippen LogP contribution in [0.2, 0.25) is 0 Å². The summed E-state index contributed by atoms with van der Waals surface area (Å²) in [7, 11) is -3.66. The Morgan fingerprint density at radius 2 is 1.79 bits per heavy atom. The van der Waals surface area contributed by atoms with E-state index in [0.29, 0.717) is 11.4 Å². The first-order valence-electron chi connectivity index (χ1n) is 9.58. The number of rotatable bonds is 8. The highest BCUT2D eigenvalue weighted by Crippen LogP contribution is 2.24. The van der Waals surface area contributed by atoms with E-state index < -0.39 is 10.0 Å². The standard InChI is InChI=1S/C22H30N2O4S/c1-15(2)28-20-9-7-8-19(13-20)24(29(6,26)27)14-22(25)23-18(5)21-12-16(3)10-11-17(21)4/h7-13,15,18H,14H2,1-6H3,(H,23,25)/t18-/m0/s1. The molecule has 0 bridgehead atoms. The van der Waals surface area contributed by atoms with Crippen molar-refractivity contribution in [3.8, 4) is 5.75 Å². The number of carbonyl (C=O) groups is 1. The third-order valence-corrected chi connectivity index (χ3v) is 5.58. The van der Waals surface area contributed by atoms with Gasteiger partial charge in [-0.15, -0.1) is 0 Å². The molecule has 0 spiro atoms. The number of hydrogen-bond acceptors (Lipinski definition) is 4. The lowest BCUT2D eigenvalue weighted by atomic mass is 10.00. The van der Waals surface area contributed by atoms with Crippen molar-refractivity contribution in [2.24, 2.45) is 0 Å². The molecule has 0 radical (unpaired) electrons. The van der Waals surface area contributed by atoms with Crippen LogP contribution in [-0.4, -0.2) is 33.2 Å². The van der Waals surface area contributed by atoms with E-state index in [0.717, 1.165) is 27.3 Å². The zero-order valence-electron chi connectivity index (χ0n) is 17.9. The highest BCUT2D eigenvalue weighted by atomic mass is 32.2. The van der Waals surface area contributed by atoms with Crippen LogP contribution in [0.1, 0.15) is 43.5 Å². The van der Waals surface area contributed by atoms with Crippen LogP contribution >= 0.6 is 0 Å². The average Bonchev–Trinajstić information content (AvgIpc) is 2.60. The number of nitrogens with one attached hydrogen (secondary N) is 1. The number of amides is 1. The first-order valence-corrected chi connectivity index (χ1v) is 11.4. The number of benzene rings is 2. The fourth-order valence-electron chi connectivity index (χ4n) is 3.11. The Kier molecular flexibility index (Phi) is 7.30. The molecule has 0 aliphatic carbocycles. The number of ether oxygens (including phenoxy) is 1. The number of hydrogen-bond donors (Lipinski definition) is 1. The van der Waals surface area contributed by atoms with Crippen molar-refractivity contribution in [2.45, 2.75) is 46.8 Å². The molecule has 29 heavy (non-hydrogen) atoms. The molecule has 1 atom stereocenters. The summed E-state index contributed by atoms with van der Waals surface area (Å²) >= 11 is 0. The van der Waals surface area contributed by atoms with Gasteiger partial charge in [-0.25, -0.2) is 8.42 Å².